The Morgan fingerprint density at radius 2 is 2.00 bits per heavy atom. The third-order valence-electron chi connectivity index (χ3n) is 2.85. The molecule has 0 spiro atoms. The molecule has 1 heterocycles. The molecule has 106 valence electrons. The predicted octanol–water partition coefficient (Wildman–Crippen LogP) is 0.513. The average Bonchev–Trinajstić information content (AvgIpc) is 2.35. The average molecular weight is 296 g/mol. The first-order valence-corrected chi connectivity index (χ1v) is 8.80. The van der Waals surface area contributed by atoms with Crippen molar-refractivity contribution in [3.8, 4) is 0 Å². The van der Waals surface area contributed by atoms with Gasteiger partial charge in [-0.1, -0.05) is 6.42 Å². The van der Waals surface area contributed by atoms with Gasteiger partial charge in [-0.05, 0) is 31.3 Å². The van der Waals surface area contributed by atoms with Crippen molar-refractivity contribution in [3.05, 3.63) is 0 Å². The van der Waals surface area contributed by atoms with Crippen molar-refractivity contribution < 1.29 is 18.3 Å². The summed E-state index contributed by atoms with van der Waals surface area (Å²) >= 11 is 1.50. The van der Waals surface area contributed by atoms with Crippen LogP contribution < -0.4 is 4.72 Å². The summed E-state index contributed by atoms with van der Waals surface area (Å²) in [6.07, 6.45) is 4.86. The molecule has 1 fully saturated rings. The molecule has 0 bridgehead atoms. The van der Waals surface area contributed by atoms with Gasteiger partial charge < -0.3 is 5.11 Å². The molecule has 0 aromatic carbocycles. The number of aliphatic carboxylic acids is 1. The third-order valence-corrected chi connectivity index (χ3v) is 5.13. The molecule has 1 aliphatic rings. The molecule has 1 saturated heterocycles. The van der Waals surface area contributed by atoms with Gasteiger partial charge in [-0.25, -0.2) is 0 Å². The van der Waals surface area contributed by atoms with E-state index in [0.717, 1.165) is 19.3 Å². The molecule has 0 aromatic heterocycles. The van der Waals surface area contributed by atoms with E-state index < -0.39 is 22.2 Å². The lowest BCUT2D eigenvalue weighted by atomic mass is 10.2. The van der Waals surface area contributed by atoms with Crippen molar-refractivity contribution in [2.45, 2.75) is 31.7 Å². The fourth-order valence-electron chi connectivity index (χ4n) is 1.83. The number of hydrogen-bond donors (Lipinski definition) is 2. The van der Waals surface area contributed by atoms with Gasteiger partial charge in [-0.15, -0.1) is 0 Å². The topological polar surface area (TPSA) is 86.7 Å². The van der Waals surface area contributed by atoms with Crippen LogP contribution in [0.2, 0.25) is 0 Å². The Balaban J connectivity index is 2.62. The molecule has 0 saturated carbocycles. The molecule has 0 aromatic rings. The summed E-state index contributed by atoms with van der Waals surface area (Å²) in [5, 5.41) is 9.01. The van der Waals surface area contributed by atoms with Crippen LogP contribution in [0.25, 0.3) is 0 Å². The number of carboxylic acid groups (broad SMARTS) is 1. The molecular weight excluding hydrogens is 276 g/mol. The van der Waals surface area contributed by atoms with Gasteiger partial charge in [0, 0.05) is 13.1 Å². The highest BCUT2D eigenvalue weighted by Gasteiger charge is 2.29. The zero-order valence-corrected chi connectivity index (χ0v) is 12.1. The van der Waals surface area contributed by atoms with Crippen LogP contribution in [0.4, 0.5) is 0 Å². The van der Waals surface area contributed by atoms with E-state index in [9.17, 15) is 13.2 Å². The number of hydrogen-bond acceptors (Lipinski definition) is 4. The number of piperidine rings is 1. The molecule has 0 amide bonds. The maximum atomic E-state index is 12.0. The zero-order valence-electron chi connectivity index (χ0n) is 10.5. The zero-order chi connectivity index (χ0) is 13.6. The van der Waals surface area contributed by atoms with Crippen LogP contribution >= 0.6 is 11.8 Å². The number of carboxylic acids is 1. The van der Waals surface area contributed by atoms with Gasteiger partial charge in [0.1, 0.15) is 6.04 Å². The van der Waals surface area contributed by atoms with Crippen molar-refractivity contribution in [3.63, 3.8) is 0 Å². The van der Waals surface area contributed by atoms with Crippen molar-refractivity contribution in [2.24, 2.45) is 0 Å². The number of rotatable bonds is 7. The second-order valence-electron chi connectivity index (χ2n) is 4.25. The van der Waals surface area contributed by atoms with E-state index in [1.807, 2.05) is 6.26 Å². The molecule has 0 aliphatic carbocycles. The van der Waals surface area contributed by atoms with E-state index in [2.05, 4.69) is 4.72 Å². The minimum absolute atomic E-state index is 0.295. The Morgan fingerprint density at radius 3 is 2.50 bits per heavy atom. The highest BCUT2D eigenvalue weighted by atomic mass is 32.2. The molecule has 8 heteroatoms. The fourth-order valence-corrected chi connectivity index (χ4v) is 3.77. The van der Waals surface area contributed by atoms with E-state index >= 15 is 0 Å². The second kappa shape index (κ2) is 7.32. The highest BCUT2D eigenvalue weighted by Crippen LogP contribution is 2.13. The van der Waals surface area contributed by atoms with Gasteiger partial charge in [0.05, 0.1) is 0 Å². The van der Waals surface area contributed by atoms with Gasteiger partial charge >= 0.3 is 5.97 Å². The number of thioether (sulfide) groups is 1. The Bertz CT molecular complexity index is 366. The Hall–Kier alpha value is -0.310. The van der Waals surface area contributed by atoms with E-state index in [1.165, 1.54) is 16.1 Å². The Kier molecular flexibility index (Phi) is 6.40. The van der Waals surface area contributed by atoms with Crippen molar-refractivity contribution in [1.82, 2.24) is 9.03 Å². The van der Waals surface area contributed by atoms with Crippen molar-refractivity contribution in [1.29, 1.82) is 0 Å². The van der Waals surface area contributed by atoms with E-state index in [4.69, 9.17) is 5.11 Å². The van der Waals surface area contributed by atoms with E-state index in [1.54, 1.807) is 0 Å². The van der Waals surface area contributed by atoms with Gasteiger partial charge in [0.2, 0.25) is 0 Å². The van der Waals surface area contributed by atoms with Crippen LogP contribution in [0.1, 0.15) is 25.7 Å². The summed E-state index contributed by atoms with van der Waals surface area (Å²) in [6, 6.07) is -1.04. The monoisotopic (exact) mass is 296 g/mol. The minimum Gasteiger partial charge on any atom is -0.480 e. The Morgan fingerprint density at radius 1 is 1.39 bits per heavy atom. The third kappa shape index (κ3) is 4.75. The molecule has 0 radical (unpaired) electrons. The van der Waals surface area contributed by atoms with Gasteiger partial charge in [-0.3, -0.25) is 4.79 Å². The highest BCUT2D eigenvalue weighted by molar-refractivity contribution is 7.98. The molecule has 1 atom stereocenters. The first-order valence-electron chi connectivity index (χ1n) is 5.96. The lowest BCUT2D eigenvalue weighted by Gasteiger charge is -2.27. The summed E-state index contributed by atoms with van der Waals surface area (Å²) in [5.74, 6) is -0.510. The minimum atomic E-state index is -3.66. The largest absolute Gasteiger partial charge is 0.480 e. The lowest BCUT2D eigenvalue weighted by molar-refractivity contribution is -0.139. The molecule has 0 unspecified atom stereocenters. The smallest absolute Gasteiger partial charge is 0.321 e. The first kappa shape index (κ1) is 15.7. The number of nitrogens with one attached hydrogen (secondary N) is 1. The van der Waals surface area contributed by atoms with Gasteiger partial charge in [-0.2, -0.15) is 29.2 Å². The molecule has 18 heavy (non-hydrogen) atoms. The number of nitrogens with zero attached hydrogens (tertiary/aromatic N) is 1. The van der Waals surface area contributed by atoms with E-state index in [0.29, 0.717) is 25.3 Å². The molecule has 6 nitrogen and oxygen atoms in total. The second-order valence-corrected chi connectivity index (χ2v) is 6.94. The molecule has 2 N–H and O–H groups in total. The molecular formula is C10H20N2O4S2. The summed E-state index contributed by atoms with van der Waals surface area (Å²) in [6.45, 7) is 0.953. The van der Waals surface area contributed by atoms with Crippen molar-refractivity contribution >= 4 is 27.9 Å². The maximum Gasteiger partial charge on any atom is 0.321 e. The summed E-state index contributed by atoms with van der Waals surface area (Å²) in [7, 11) is -3.66. The van der Waals surface area contributed by atoms with Crippen LogP contribution in [0, 0.1) is 0 Å². The number of carbonyl (C=O) groups is 1. The van der Waals surface area contributed by atoms with Crippen LogP contribution in [0.3, 0.4) is 0 Å². The first-order chi connectivity index (χ1) is 8.47. The quantitative estimate of drug-likeness (QED) is 0.715. The standard InChI is InChI=1S/C10H20N2O4S2/c1-17-8-5-9(10(13)14)11-18(15,16)12-6-3-2-4-7-12/h9,11H,2-8H2,1H3,(H,13,14)/t9-/m1/s1. The van der Waals surface area contributed by atoms with Gasteiger partial charge in [0.15, 0.2) is 0 Å². The molecule has 1 rings (SSSR count). The van der Waals surface area contributed by atoms with Crippen LogP contribution in [-0.4, -0.2) is 54.9 Å². The van der Waals surface area contributed by atoms with Crippen molar-refractivity contribution in [2.75, 3.05) is 25.1 Å². The fraction of sp³-hybridized carbons (Fsp3) is 0.900. The maximum absolute atomic E-state index is 12.0. The summed E-state index contributed by atoms with van der Waals surface area (Å²) in [4.78, 5) is 11.0. The summed E-state index contributed by atoms with van der Waals surface area (Å²) in [5.41, 5.74) is 0. The van der Waals surface area contributed by atoms with Crippen LogP contribution in [0.15, 0.2) is 0 Å². The van der Waals surface area contributed by atoms with E-state index in [-0.39, 0.29) is 0 Å². The predicted molar refractivity (Wildman–Crippen MR) is 71.9 cm³/mol. The Labute approximate surface area is 112 Å². The summed E-state index contributed by atoms with van der Waals surface area (Å²) < 4.78 is 27.6. The normalized spacial score (nSPS) is 19.6. The van der Waals surface area contributed by atoms with Crippen LogP contribution in [-0.2, 0) is 15.0 Å². The SMILES string of the molecule is CSCC[C@@H](NS(=O)(=O)N1CCCCC1)C(=O)O. The molecule has 1 aliphatic heterocycles. The van der Waals surface area contributed by atoms with Crippen LogP contribution in [0.5, 0.6) is 0 Å². The lowest BCUT2D eigenvalue weighted by Crippen LogP contribution is -2.49. The van der Waals surface area contributed by atoms with Gasteiger partial charge in [0.25, 0.3) is 10.2 Å².